The Labute approximate surface area is 136 Å². The number of hydrogen-bond acceptors (Lipinski definition) is 4. The zero-order valence-corrected chi connectivity index (χ0v) is 14.0. The van der Waals surface area contributed by atoms with Crippen molar-refractivity contribution >= 4 is 23.6 Å². The maximum Gasteiger partial charge on any atom is 0.316 e. The lowest BCUT2D eigenvalue weighted by molar-refractivity contribution is -0.146. The van der Waals surface area contributed by atoms with Gasteiger partial charge in [-0.1, -0.05) is 13.0 Å². The average molecular weight is 321 g/mol. The summed E-state index contributed by atoms with van der Waals surface area (Å²) in [5.74, 6) is -0.370. The zero-order valence-electron chi connectivity index (χ0n) is 13.2. The second-order valence-corrected chi connectivity index (χ2v) is 6.66. The number of benzene rings is 1. The SMILES string of the molecule is CC[C@H](C)NC(=O)COC(=O)CSc1ccc2c(c1)CCC2. The topological polar surface area (TPSA) is 55.4 Å². The molecule has 22 heavy (non-hydrogen) atoms. The summed E-state index contributed by atoms with van der Waals surface area (Å²) in [6.07, 6.45) is 4.36. The number of esters is 1. The van der Waals surface area contributed by atoms with Gasteiger partial charge in [0.25, 0.3) is 5.91 Å². The minimum atomic E-state index is -0.357. The monoisotopic (exact) mass is 321 g/mol. The van der Waals surface area contributed by atoms with Crippen LogP contribution >= 0.6 is 11.8 Å². The Balaban J connectivity index is 1.70. The van der Waals surface area contributed by atoms with Gasteiger partial charge in [-0.15, -0.1) is 11.8 Å². The highest BCUT2D eigenvalue weighted by Gasteiger charge is 2.13. The van der Waals surface area contributed by atoms with Gasteiger partial charge in [-0.3, -0.25) is 9.59 Å². The minimum Gasteiger partial charge on any atom is -0.455 e. The highest BCUT2D eigenvalue weighted by Crippen LogP contribution is 2.27. The van der Waals surface area contributed by atoms with E-state index in [0.717, 1.165) is 24.2 Å². The van der Waals surface area contributed by atoms with Crippen LogP contribution in [-0.4, -0.2) is 30.3 Å². The van der Waals surface area contributed by atoms with Crippen LogP contribution in [0.3, 0.4) is 0 Å². The van der Waals surface area contributed by atoms with Gasteiger partial charge in [0.15, 0.2) is 6.61 Å². The molecule has 1 aromatic rings. The van der Waals surface area contributed by atoms with Gasteiger partial charge in [0, 0.05) is 10.9 Å². The van der Waals surface area contributed by atoms with Gasteiger partial charge in [-0.05, 0) is 55.9 Å². The summed E-state index contributed by atoms with van der Waals surface area (Å²) in [5, 5.41) is 2.76. The van der Waals surface area contributed by atoms with Crippen molar-refractivity contribution in [2.45, 2.75) is 50.5 Å². The number of fused-ring (bicyclic) bond motifs is 1. The smallest absolute Gasteiger partial charge is 0.316 e. The normalized spacial score (nSPS) is 14.3. The lowest BCUT2D eigenvalue weighted by atomic mass is 10.1. The predicted molar refractivity (Wildman–Crippen MR) is 88.0 cm³/mol. The van der Waals surface area contributed by atoms with E-state index in [1.165, 1.54) is 29.3 Å². The second kappa shape index (κ2) is 8.22. The maximum absolute atomic E-state index is 11.7. The third-order valence-electron chi connectivity index (χ3n) is 3.81. The van der Waals surface area contributed by atoms with Gasteiger partial charge in [0.2, 0.25) is 0 Å². The van der Waals surface area contributed by atoms with Crippen LogP contribution in [0, 0.1) is 0 Å². The van der Waals surface area contributed by atoms with Gasteiger partial charge in [0.05, 0.1) is 5.75 Å². The summed E-state index contributed by atoms with van der Waals surface area (Å²) >= 11 is 1.46. The molecule has 1 atom stereocenters. The Kier molecular flexibility index (Phi) is 6.31. The summed E-state index contributed by atoms with van der Waals surface area (Å²) in [4.78, 5) is 24.3. The molecule has 1 aliphatic carbocycles. The van der Waals surface area contributed by atoms with E-state index < -0.39 is 0 Å². The quantitative estimate of drug-likeness (QED) is 0.620. The Hall–Kier alpha value is -1.49. The van der Waals surface area contributed by atoms with Crippen molar-refractivity contribution in [2.24, 2.45) is 0 Å². The fourth-order valence-corrected chi connectivity index (χ4v) is 3.14. The fraction of sp³-hybridized carbons (Fsp3) is 0.529. The Morgan fingerprint density at radius 3 is 2.86 bits per heavy atom. The largest absolute Gasteiger partial charge is 0.455 e. The molecule has 2 rings (SSSR count). The molecule has 0 radical (unpaired) electrons. The number of ether oxygens (including phenoxy) is 1. The van der Waals surface area contributed by atoms with Crippen molar-refractivity contribution in [1.29, 1.82) is 0 Å². The molecular weight excluding hydrogens is 298 g/mol. The van der Waals surface area contributed by atoms with Crippen LogP contribution in [0.15, 0.2) is 23.1 Å². The molecule has 1 aromatic carbocycles. The minimum absolute atomic E-state index is 0.104. The molecule has 0 bridgehead atoms. The molecule has 1 amide bonds. The molecule has 0 saturated carbocycles. The third kappa shape index (κ3) is 5.05. The first-order chi connectivity index (χ1) is 10.6. The summed E-state index contributed by atoms with van der Waals surface area (Å²) in [5.41, 5.74) is 2.82. The highest BCUT2D eigenvalue weighted by atomic mass is 32.2. The number of rotatable bonds is 7. The zero-order chi connectivity index (χ0) is 15.9. The van der Waals surface area contributed by atoms with Crippen LogP contribution in [0.5, 0.6) is 0 Å². The highest BCUT2D eigenvalue weighted by molar-refractivity contribution is 8.00. The van der Waals surface area contributed by atoms with Crippen molar-refractivity contribution < 1.29 is 14.3 Å². The molecule has 0 unspecified atom stereocenters. The molecule has 1 N–H and O–H groups in total. The van der Waals surface area contributed by atoms with E-state index in [4.69, 9.17) is 4.74 Å². The number of amides is 1. The van der Waals surface area contributed by atoms with E-state index >= 15 is 0 Å². The molecule has 4 nitrogen and oxygen atoms in total. The van der Waals surface area contributed by atoms with Gasteiger partial charge in [0.1, 0.15) is 0 Å². The van der Waals surface area contributed by atoms with Crippen LogP contribution in [0.4, 0.5) is 0 Å². The molecular formula is C17H23NO3S. The number of nitrogens with one attached hydrogen (secondary N) is 1. The van der Waals surface area contributed by atoms with Crippen LogP contribution in [0.25, 0.3) is 0 Å². The molecule has 0 saturated heterocycles. The Morgan fingerprint density at radius 2 is 2.09 bits per heavy atom. The van der Waals surface area contributed by atoms with Gasteiger partial charge in [-0.2, -0.15) is 0 Å². The Morgan fingerprint density at radius 1 is 1.32 bits per heavy atom. The summed E-state index contributed by atoms with van der Waals surface area (Å²) in [7, 11) is 0. The van der Waals surface area contributed by atoms with Gasteiger partial charge < -0.3 is 10.1 Å². The van der Waals surface area contributed by atoms with Crippen molar-refractivity contribution in [3.05, 3.63) is 29.3 Å². The Bertz CT molecular complexity index is 545. The van der Waals surface area contributed by atoms with Crippen LogP contribution in [0.1, 0.15) is 37.8 Å². The first kappa shape index (κ1) is 16.9. The fourth-order valence-electron chi connectivity index (χ4n) is 2.39. The number of thioether (sulfide) groups is 1. The average Bonchev–Trinajstić information content (AvgIpc) is 2.98. The van der Waals surface area contributed by atoms with Crippen LogP contribution in [0.2, 0.25) is 0 Å². The van der Waals surface area contributed by atoms with E-state index in [0.29, 0.717) is 0 Å². The van der Waals surface area contributed by atoms with Crippen LogP contribution < -0.4 is 5.32 Å². The van der Waals surface area contributed by atoms with Gasteiger partial charge in [-0.25, -0.2) is 0 Å². The lowest BCUT2D eigenvalue weighted by Crippen LogP contribution is -2.35. The predicted octanol–water partition coefficient (Wildman–Crippen LogP) is 2.73. The molecule has 0 spiro atoms. The molecule has 0 aromatic heterocycles. The molecule has 0 heterocycles. The van der Waals surface area contributed by atoms with E-state index in [2.05, 4.69) is 23.5 Å². The number of carbonyl (C=O) groups is 2. The lowest BCUT2D eigenvalue weighted by Gasteiger charge is -2.11. The van der Waals surface area contributed by atoms with Crippen molar-refractivity contribution in [2.75, 3.05) is 12.4 Å². The van der Waals surface area contributed by atoms with E-state index in [9.17, 15) is 9.59 Å². The van der Waals surface area contributed by atoms with Crippen LogP contribution in [-0.2, 0) is 27.2 Å². The number of aryl methyl sites for hydroxylation is 2. The molecule has 0 fully saturated rings. The summed E-state index contributed by atoms with van der Waals surface area (Å²) < 4.78 is 4.99. The number of hydrogen-bond donors (Lipinski definition) is 1. The molecule has 0 aliphatic heterocycles. The third-order valence-corrected chi connectivity index (χ3v) is 4.78. The van der Waals surface area contributed by atoms with E-state index in [1.54, 1.807) is 0 Å². The molecule has 1 aliphatic rings. The molecule has 120 valence electrons. The first-order valence-electron chi connectivity index (χ1n) is 7.78. The summed E-state index contributed by atoms with van der Waals surface area (Å²) in [6, 6.07) is 6.47. The maximum atomic E-state index is 11.7. The second-order valence-electron chi connectivity index (χ2n) is 5.61. The van der Waals surface area contributed by atoms with E-state index in [1.807, 2.05) is 13.8 Å². The molecule has 5 heteroatoms. The van der Waals surface area contributed by atoms with Crippen molar-refractivity contribution in [3.63, 3.8) is 0 Å². The first-order valence-corrected chi connectivity index (χ1v) is 8.76. The van der Waals surface area contributed by atoms with Crippen molar-refractivity contribution in [3.8, 4) is 0 Å². The van der Waals surface area contributed by atoms with Gasteiger partial charge >= 0.3 is 5.97 Å². The van der Waals surface area contributed by atoms with Crippen molar-refractivity contribution in [1.82, 2.24) is 5.32 Å². The standard InChI is InChI=1S/C17H23NO3S/c1-3-12(2)18-16(19)10-21-17(20)11-22-15-8-7-13-5-4-6-14(13)9-15/h7-9,12H,3-6,10-11H2,1-2H3,(H,18,19)/t12-/m0/s1. The van der Waals surface area contributed by atoms with E-state index in [-0.39, 0.29) is 30.3 Å². The summed E-state index contributed by atoms with van der Waals surface area (Å²) in [6.45, 7) is 3.71. The number of carbonyl (C=O) groups excluding carboxylic acids is 2.